The van der Waals surface area contributed by atoms with Crippen molar-refractivity contribution in [3.8, 4) is 11.5 Å². The molecule has 144 valence electrons. The van der Waals surface area contributed by atoms with Gasteiger partial charge in [-0.1, -0.05) is 12.1 Å². The predicted molar refractivity (Wildman–Crippen MR) is 103 cm³/mol. The molecule has 2 aromatic rings. The third-order valence-corrected chi connectivity index (χ3v) is 3.90. The van der Waals surface area contributed by atoms with E-state index in [0.29, 0.717) is 24.5 Å². The van der Waals surface area contributed by atoms with Crippen LogP contribution >= 0.6 is 0 Å². The summed E-state index contributed by atoms with van der Waals surface area (Å²) in [7, 11) is 0. The van der Waals surface area contributed by atoms with Crippen LogP contribution in [0.5, 0.6) is 11.5 Å². The summed E-state index contributed by atoms with van der Waals surface area (Å²) < 4.78 is 10.8. The van der Waals surface area contributed by atoms with Crippen LogP contribution in [-0.4, -0.2) is 30.2 Å². The number of unbranched alkanes of at least 4 members (excludes halogenated alkanes) is 1. The highest BCUT2D eigenvalue weighted by Gasteiger charge is 2.05. The standard InChI is InChI=1S/C21H25NO5/c1-15-6-7-16(2)19(13-15)26-12-4-3-5-20(23)22-17-8-10-18(11-9-17)27-14-21(24)25/h6-11,13H,3-5,12,14H2,1-2H3,(H,22,23)(H,24,25). The molecule has 0 unspecified atom stereocenters. The predicted octanol–water partition coefficient (Wildman–Crippen LogP) is 3.95. The number of hydrogen-bond donors (Lipinski definition) is 2. The second kappa shape index (κ2) is 10.2. The summed E-state index contributed by atoms with van der Waals surface area (Å²) in [5.41, 5.74) is 2.91. The molecular formula is C21H25NO5. The average molecular weight is 371 g/mol. The third kappa shape index (κ3) is 7.40. The largest absolute Gasteiger partial charge is 0.493 e. The second-order valence-electron chi connectivity index (χ2n) is 6.33. The van der Waals surface area contributed by atoms with E-state index in [9.17, 15) is 9.59 Å². The molecular weight excluding hydrogens is 346 g/mol. The van der Waals surface area contributed by atoms with Gasteiger partial charge >= 0.3 is 5.97 Å². The Balaban J connectivity index is 1.66. The molecule has 0 fully saturated rings. The minimum atomic E-state index is -1.03. The highest BCUT2D eigenvalue weighted by Crippen LogP contribution is 2.19. The fourth-order valence-electron chi connectivity index (χ4n) is 2.44. The molecule has 0 saturated carbocycles. The lowest BCUT2D eigenvalue weighted by molar-refractivity contribution is -0.139. The van der Waals surface area contributed by atoms with Crippen LogP contribution in [0.15, 0.2) is 42.5 Å². The number of carboxylic acid groups (broad SMARTS) is 1. The molecule has 0 aromatic heterocycles. The maximum Gasteiger partial charge on any atom is 0.341 e. The zero-order valence-electron chi connectivity index (χ0n) is 15.7. The number of rotatable bonds is 10. The molecule has 0 atom stereocenters. The molecule has 0 radical (unpaired) electrons. The quantitative estimate of drug-likeness (QED) is 0.618. The van der Waals surface area contributed by atoms with Crippen molar-refractivity contribution in [2.75, 3.05) is 18.5 Å². The van der Waals surface area contributed by atoms with Gasteiger partial charge < -0.3 is 19.9 Å². The summed E-state index contributed by atoms with van der Waals surface area (Å²) in [5, 5.41) is 11.4. The molecule has 0 aliphatic heterocycles. The Hall–Kier alpha value is -3.02. The molecule has 6 heteroatoms. The van der Waals surface area contributed by atoms with E-state index in [4.69, 9.17) is 14.6 Å². The summed E-state index contributed by atoms with van der Waals surface area (Å²) in [6.45, 7) is 4.23. The summed E-state index contributed by atoms with van der Waals surface area (Å²) >= 11 is 0. The van der Waals surface area contributed by atoms with Gasteiger partial charge in [-0.05, 0) is 68.1 Å². The lowest BCUT2D eigenvalue weighted by atomic mass is 10.1. The molecule has 0 spiro atoms. The second-order valence-corrected chi connectivity index (χ2v) is 6.33. The summed E-state index contributed by atoms with van der Waals surface area (Å²) in [6, 6.07) is 12.7. The molecule has 2 aromatic carbocycles. The fraction of sp³-hybridized carbons (Fsp3) is 0.333. The van der Waals surface area contributed by atoms with E-state index in [1.807, 2.05) is 26.0 Å². The molecule has 1 amide bonds. The molecule has 0 aliphatic rings. The van der Waals surface area contributed by atoms with Gasteiger partial charge in [-0.15, -0.1) is 0 Å². The van der Waals surface area contributed by atoms with Crippen molar-refractivity contribution in [3.63, 3.8) is 0 Å². The van der Waals surface area contributed by atoms with E-state index in [1.165, 1.54) is 0 Å². The Morgan fingerprint density at radius 1 is 1.00 bits per heavy atom. The van der Waals surface area contributed by atoms with Crippen LogP contribution in [0.2, 0.25) is 0 Å². The van der Waals surface area contributed by atoms with Gasteiger partial charge in [0.15, 0.2) is 6.61 Å². The SMILES string of the molecule is Cc1ccc(C)c(OCCCCC(=O)Nc2ccc(OCC(=O)O)cc2)c1. The molecule has 0 heterocycles. The Morgan fingerprint density at radius 2 is 1.74 bits per heavy atom. The van der Waals surface area contributed by atoms with Crippen LogP contribution < -0.4 is 14.8 Å². The Labute approximate surface area is 159 Å². The zero-order chi connectivity index (χ0) is 19.6. The number of carboxylic acids is 1. The number of carbonyl (C=O) groups excluding carboxylic acids is 1. The Morgan fingerprint density at radius 3 is 2.44 bits per heavy atom. The molecule has 2 rings (SSSR count). The minimum absolute atomic E-state index is 0.0686. The van der Waals surface area contributed by atoms with Crippen molar-refractivity contribution in [2.45, 2.75) is 33.1 Å². The number of anilines is 1. The highest BCUT2D eigenvalue weighted by atomic mass is 16.5. The van der Waals surface area contributed by atoms with E-state index in [0.717, 1.165) is 29.7 Å². The molecule has 0 bridgehead atoms. The van der Waals surface area contributed by atoms with Crippen molar-refractivity contribution in [3.05, 3.63) is 53.6 Å². The first-order chi connectivity index (χ1) is 12.9. The van der Waals surface area contributed by atoms with Crippen LogP contribution in [0.4, 0.5) is 5.69 Å². The molecule has 27 heavy (non-hydrogen) atoms. The number of ether oxygens (including phenoxy) is 2. The van der Waals surface area contributed by atoms with E-state index in [1.54, 1.807) is 24.3 Å². The van der Waals surface area contributed by atoms with Crippen LogP contribution in [0.25, 0.3) is 0 Å². The maximum absolute atomic E-state index is 12.0. The first-order valence-corrected chi connectivity index (χ1v) is 8.88. The molecule has 2 N–H and O–H groups in total. The first kappa shape index (κ1) is 20.3. The van der Waals surface area contributed by atoms with Crippen molar-refractivity contribution in [1.82, 2.24) is 0 Å². The Bertz CT molecular complexity index is 771. The van der Waals surface area contributed by atoms with Crippen molar-refractivity contribution in [1.29, 1.82) is 0 Å². The molecule has 0 aliphatic carbocycles. The fourth-order valence-corrected chi connectivity index (χ4v) is 2.44. The average Bonchev–Trinajstić information content (AvgIpc) is 2.63. The summed E-state index contributed by atoms with van der Waals surface area (Å²) in [4.78, 5) is 22.4. The number of nitrogens with one attached hydrogen (secondary N) is 1. The van der Waals surface area contributed by atoms with E-state index < -0.39 is 12.6 Å². The number of benzene rings is 2. The van der Waals surface area contributed by atoms with Crippen LogP contribution in [0, 0.1) is 13.8 Å². The van der Waals surface area contributed by atoms with Crippen molar-refractivity contribution < 1.29 is 24.2 Å². The minimum Gasteiger partial charge on any atom is -0.493 e. The number of hydrogen-bond acceptors (Lipinski definition) is 4. The molecule has 6 nitrogen and oxygen atoms in total. The number of aryl methyl sites for hydroxylation is 2. The lowest BCUT2D eigenvalue weighted by Gasteiger charge is -2.10. The number of amides is 1. The van der Waals surface area contributed by atoms with Gasteiger partial charge in [0.1, 0.15) is 11.5 Å². The van der Waals surface area contributed by atoms with Gasteiger partial charge in [0, 0.05) is 12.1 Å². The van der Waals surface area contributed by atoms with Gasteiger partial charge in [0.05, 0.1) is 6.61 Å². The van der Waals surface area contributed by atoms with Gasteiger partial charge in [-0.25, -0.2) is 4.79 Å². The first-order valence-electron chi connectivity index (χ1n) is 8.88. The summed E-state index contributed by atoms with van der Waals surface area (Å²) in [6.07, 6.45) is 1.94. The molecule has 0 saturated heterocycles. The van der Waals surface area contributed by atoms with Crippen LogP contribution in [0.3, 0.4) is 0 Å². The van der Waals surface area contributed by atoms with Crippen molar-refractivity contribution >= 4 is 17.6 Å². The van der Waals surface area contributed by atoms with E-state index in [-0.39, 0.29) is 5.91 Å². The number of aliphatic carboxylic acids is 1. The normalized spacial score (nSPS) is 10.3. The van der Waals surface area contributed by atoms with Crippen LogP contribution in [0.1, 0.15) is 30.4 Å². The smallest absolute Gasteiger partial charge is 0.341 e. The van der Waals surface area contributed by atoms with Crippen LogP contribution in [-0.2, 0) is 9.59 Å². The van der Waals surface area contributed by atoms with Gasteiger partial charge in [-0.2, -0.15) is 0 Å². The maximum atomic E-state index is 12.0. The van der Waals surface area contributed by atoms with Gasteiger partial charge in [0.2, 0.25) is 5.91 Å². The lowest BCUT2D eigenvalue weighted by Crippen LogP contribution is -2.12. The Kier molecular flexibility index (Phi) is 7.67. The summed E-state index contributed by atoms with van der Waals surface area (Å²) in [5.74, 6) is 0.235. The topological polar surface area (TPSA) is 84.9 Å². The van der Waals surface area contributed by atoms with E-state index in [2.05, 4.69) is 11.4 Å². The highest BCUT2D eigenvalue weighted by molar-refractivity contribution is 5.90. The monoisotopic (exact) mass is 371 g/mol. The third-order valence-electron chi connectivity index (χ3n) is 3.90. The van der Waals surface area contributed by atoms with Gasteiger partial charge in [0.25, 0.3) is 0 Å². The van der Waals surface area contributed by atoms with Gasteiger partial charge in [-0.3, -0.25) is 4.79 Å². The van der Waals surface area contributed by atoms with Crippen molar-refractivity contribution in [2.24, 2.45) is 0 Å². The zero-order valence-corrected chi connectivity index (χ0v) is 15.7. The number of carbonyl (C=O) groups is 2. The van der Waals surface area contributed by atoms with E-state index >= 15 is 0 Å².